The van der Waals surface area contributed by atoms with E-state index in [1.807, 2.05) is 12.3 Å². The van der Waals surface area contributed by atoms with Crippen LogP contribution in [0.15, 0.2) is 91.1 Å². The van der Waals surface area contributed by atoms with Crippen LogP contribution in [0.3, 0.4) is 0 Å². The lowest BCUT2D eigenvalue weighted by Crippen LogP contribution is -2.37. The van der Waals surface area contributed by atoms with Gasteiger partial charge in [-0.15, -0.1) is 10.2 Å². The Hall–Kier alpha value is -3.70. The van der Waals surface area contributed by atoms with Crippen molar-refractivity contribution in [3.8, 4) is 11.4 Å². The van der Waals surface area contributed by atoms with Gasteiger partial charge < -0.3 is 9.55 Å². The Labute approximate surface area is 181 Å². The Morgan fingerprint density at radius 3 is 2.16 bits per heavy atom. The van der Waals surface area contributed by atoms with Crippen LogP contribution in [-0.2, 0) is 13.1 Å². The molecule has 0 atom stereocenters. The second-order valence-corrected chi connectivity index (χ2v) is 8.03. The molecule has 0 spiro atoms. The number of fused-ring (bicyclic) bond motifs is 2. The first-order chi connectivity index (χ1) is 15.4. The monoisotopic (exact) mass is 405 g/mol. The molecule has 0 amide bonds. The molecule has 31 heavy (non-hydrogen) atoms. The van der Waals surface area contributed by atoms with Gasteiger partial charge in [0, 0.05) is 35.8 Å². The van der Waals surface area contributed by atoms with Crippen molar-refractivity contribution >= 4 is 10.9 Å². The highest BCUT2D eigenvalue weighted by Crippen LogP contribution is 2.33. The minimum Gasteiger partial charge on any atom is -0.360 e. The van der Waals surface area contributed by atoms with Crippen LogP contribution >= 0.6 is 0 Å². The normalized spacial score (nSPS) is 14.2. The average Bonchev–Trinajstić information content (AvgIpc) is 3.44. The number of rotatable bonds is 4. The van der Waals surface area contributed by atoms with Crippen molar-refractivity contribution in [3.05, 3.63) is 108 Å². The van der Waals surface area contributed by atoms with Crippen molar-refractivity contribution < 1.29 is 0 Å². The van der Waals surface area contributed by atoms with Crippen LogP contribution < -0.4 is 0 Å². The second kappa shape index (κ2) is 7.52. The summed E-state index contributed by atoms with van der Waals surface area (Å²) in [5, 5.41) is 10.4. The lowest BCUT2D eigenvalue weighted by molar-refractivity contribution is 0.176. The van der Waals surface area contributed by atoms with Crippen LogP contribution in [-0.4, -0.2) is 31.2 Å². The topological polar surface area (TPSA) is 49.7 Å². The third-order valence-electron chi connectivity index (χ3n) is 6.21. The summed E-state index contributed by atoms with van der Waals surface area (Å²) in [5.41, 5.74) is 4.85. The van der Waals surface area contributed by atoms with Gasteiger partial charge in [-0.3, -0.25) is 4.90 Å². The van der Waals surface area contributed by atoms with Gasteiger partial charge in [0.1, 0.15) is 5.82 Å². The predicted octanol–water partition coefficient (Wildman–Crippen LogP) is 5.03. The molecule has 152 valence electrons. The minimum absolute atomic E-state index is 0.199. The zero-order valence-corrected chi connectivity index (χ0v) is 17.1. The Balaban J connectivity index is 1.37. The van der Waals surface area contributed by atoms with E-state index in [0.717, 1.165) is 42.4 Å². The molecule has 0 unspecified atom stereocenters. The van der Waals surface area contributed by atoms with Gasteiger partial charge in [0.15, 0.2) is 5.82 Å². The lowest BCUT2D eigenvalue weighted by Gasteiger charge is -2.35. The number of nitrogens with zero attached hydrogens (tertiary/aromatic N) is 4. The average molecular weight is 406 g/mol. The number of hydrogen-bond donors (Lipinski definition) is 1. The molecule has 0 aliphatic carbocycles. The van der Waals surface area contributed by atoms with E-state index >= 15 is 0 Å². The molecule has 2 aromatic heterocycles. The van der Waals surface area contributed by atoms with Gasteiger partial charge in [0.2, 0.25) is 0 Å². The molecule has 5 aromatic rings. The van der Waals surface area contributed by atoms with Gasteiger partial charge in [-0.25, -0.2) is 0 Å². The quantitative estimate of drug-likeness (QED) is 0.456. The van der Waals surface area contributed by atoms with E-state index in [2.05, 4.69) is 104 Å². The number of aromatic nitrogens is 4. The summed E-state index contributed by atoms with van der Waals surface area (Å²) in [7, 11) is 0. The molecule has 0 saturated carbocycles. The highest BCUT2D eigenvalue weighted by Gasteiger charge is 2.29. The maximum atomic E-state index is 4.60. The number of benzene rings is 3. The number of aromatic amines is 1. The summed E-state index contributed by atoms with van der Waals surface area (Å²) in [6, 6.07) is 30.0. The SMILES string of the molecule is c1ccc(C(c2ccccc2)N2CCn3c(nnc3-c3c[nH]c4ccccc34)C2)cc1. The smallest absolute Gasteiger partial charge is 0.166 e. The number of para-hydroxylation sites is 1. The van der Waals surface area contributed by atoms with Crippen LogP contribution in [0, 0.1) is 0 Å². The molecule has 0 bridgehead atoms. The molecule has 1 N–H and O–H groups in total. The van der Waals surface area contributed by atoms with Crippen molar-refractivity contribution in [3.63, 3.8) is 0 Å². The molecule has 3 aromatic carbocycles. The van der Waals surface area contributed by atoms with E-state index in [4.69, 9.17) is 0 Å². The maximum Gasteiger partial charge on any atom is 0.166 e. The second-order valence-electron chi connectivity index (χ2n) is 8.03. The maximum absolute atomic E-state index is 4.60. The van der Waals surface area contributed by atoms with E-state index in [1.54, 1.807) is 0 Å². The van der Waals surface area contributed by atoms with Crippen LogP contribution in [0.1, 0.15) is 23.0 Å². The lowest BCUT2D eigenvalue weighted by atomic mass is 9.96. The van der Waals surface area contributed by atoms with Crippen LogP contribution in [0.2, 0.25) is 0 Å². The minimum atomic E-state index is 0.199. The Kier molecular flexibility index (Phi) is 4.39. The van der Waals surface area contributed by atoms with E-state index in [-0.39, 0.29) is 6.04 Å². The molecule has 1 aliphatic heterocycles. The summed E-state index contributed by atoms with van der Waals surface area (Å²) < 4.78 is 2.28. The summed E-state index contributed by atoms with van der Waals surface area (Å²) in [6.07, 6.45) is 2.05. The van der Waals surface area contributed by atoms with E-state index < -0.39 is 0 Å². The van der Waals surface area contributed by atoms with Gasteiger partial charge >= 0.3 is 0 Å². The fourth-order valence-electron chi connectivity index (χ4n) is 4.74. The van der Waals surface area contributed by atoms with Crippen LogP contribution in [0.25, 0.3) is 22.3 Å². The van der Waals surface area contributed by atoms with Crippen molar-refractivity contribution in [2.24, 2.45) is 0 Å². The zero-order chi connectivity index (χ0) is 20.6. The summed E-state index contributed by atoms with van der Waals surface area (Å²) in [6.45, 7) is 2.58. The van der Waals surface area contributed by atoms with Gasteiger partial charge in [-0.2, -0.15) is 0 Å². The third kappa shape index (κ3) is 3.14. The summed E-state index contributed by atoms with van der Waals surface area (Å²) >= 11 is 0. The Morgan fingerprint density at radius 1 is 0.742 bits per heavy atom. The number of hydrogen-bond acceptors (Lipinski definition) is 3. The molecule has 3 heterocycles. The summed E-state index contributed by atoms with van der Waals surface area (Å²) in [4.78, 5) is 5.87. The molecule has 1 aliphatic rings. The van der Waals surface area contributed by atoms with Crippen molar-refractivity contribution in [1.82, 2.24) is 24.6 Å². The van der Waals surface area contributed by atoms with Gasteiger partial charge in [0.05, 0.1) is 12.6 Å². The fourth-order valence-corrected chi connectivity index (χ4v) is 4.74. The molecule has 0 radical (unpaired) electrons. The predicted molar refractivity (Wildman–Crippen MR) is 122 cm³/mol. The fraction of sp³-hybridized carbons (Fsp3) is 0.154. The molecular weight excluding hydrogens is 382 g/mol. The van der Waals surface area contributed by atoms with E-state index in [0.29, 0.717) is 0 Å². The third-order valence-corrected chi connectivity index (χ3v) is 6.21. The largest absolute Gasteiger partial charge is 0.360 e. The zero-order valence-electron chi connectivity index (χ0n) is 17.1. The van der Waals surface area contributed by atoms with Crippen LogP contribution in [0.5, 0.6) is 0 Å². The van der Waals surface area contributed by atoms with Crippen LogP contribution in [0.4, 0.5) is 0 Å². The molecular formula is C26H23N5. The van der Waals surface area contributed by atoms with E-state index in [1.165, 1.54) is 16.5 Å². The molecule has 5 nitrogen and oxygen atoms in total. The molecule has 5 heteroatoms. The molecule has 0 fully saturated rings. The first kappa shape index (κ1) is 18.1. The van der Waals surface area contributed by atoms with Gasteiger partial charge in [-0.1, -0.05) is 78.9 Å². The van der Waals surface area contributed by atoms with E-state index in [9.17, 15) is 0 Å². The highest BCUT2D eigenvalue weighted by atomic mass is 15.3. The van der Waals surface area contributed by atoms with Crippen molar-refractivity contribution in [2.45, 2.75) is 19.1 Å². The van der Waals surface area contributed by atoms with Gasteiger partial charge in [-0.05, 0) is 17.2 Å². The molecule has 6 rings (SSSR count). The molecule has 0 saturated heterocycles. The highest BCUT2D eigenvalue weighted by molar-refractivity contribution is 5.93. The standard InChI is InChI=1S/C26H23N5/c1-3-9-19(10-4-1)25(20-11-5-2-6-12-20)30-15-16-31-24(18-30)28-29-26(31)22-17-27-23-14-8-7-13-21(22)23/h1-14,17,25,27H,15-16,18H2. The number of H-pyrrole nitrogens is 1. The Morgan fingerprint density at radius 2 is 1.42 bits per heavy atom. The first-order valence-electron chi connectivity index (χ1n) is 10.7. The first-order valence-corrected chi connectivity index (χ1v) is 10.7. The Bertz CT molecular complexity index is 1280. The summed E-state index contributed by atoms with van der Waals surface area (Å²) in [5.74, 6) is 1.96. The number of nitrogens with one attached hydrogen (secondary N) is 1. The van der Waals surface area contributed by atoms with Gasteiger partial charge in [0.25, 0.3) is 0 Å². The van der Waals surface area contributed by atoms with Crippen molar-refractivity contribution in [2.75, 3.05) is 6.54 Å². The van der Waals surface area contributed by atoms with Crippen molar-refractivity contribution in [1.29, 1.82) is 0 Å².